The van der Waals surface area contributed by atoms with E-state index in [4.69, 9.17) is 5.11 Å². The Hall–Kier alpha value is -1.15. The maximum absolute atomic E-state index is 10.9. The average molecular weight is 220 g/mol. The molecule has 88 valence electrons. The first-order valence-corrected chi connectivity index (χ1v) is 5.91. The predicted octanol–water partition coefficient (Wildman–Crippen LogP) is 2.94. The summed E-state index contributed by atoms with van der Waals surface area (Å²) < 4.78 is 0. The van der Waals surface area contributed by atoms with Crippen LogP contribution in [0.5, 0.6) is 0 Å². The molecule has 1 N–H and O–H groups in total. The zero-order valence-electron chi connectivity index (χ0n) is 9.91. The molecule has 0 aliphatic heterocycles. The Morgan fingerprint density at radius 1 is 1.25 bits per heavy atom. The second-order valence-corrected chi connectivity index (χ2v) is 4.19. The number of aliphatic hydroxyl groups is 1. The van der Waals surface area contributed by atoms with Crippen molar-refractivity contribution in [3.05, 3.63) is 34.9 Å². The molecule has 0 saturated heterocycles. The first-order valence-electron chi connectivity index (χ1n) is 5.91. The molecular weight excluding hydrogens is 200 g/mol. The highest BCUT2D eigenvalue weighted by molar-refractivity contribution is 5.75. The van der Waals surface area contributed by atoms with Gasteiger partial charge in [-0.15, -0.1) is 0 Å². The van der Waals surface area contributed by atoms with Gasteiger partial charge >= 0.3 is 0 Å². The van der Waals surface area contributed by atoms with Crippen LogP contribution in [-0.2, 0) is 4.79 Å². The molecule has 0 amide bonds. The Kier molecular flexibility index (Phi) is 5.79. The molecule has 1 rings (SSSR count). The number of carbonyl (C=O) groups is 1. The van der Waals surface area contributed by atoms with Crippen molar-refractivity contribution in [3.63, 3.8) is 0 Å². The Balaban J connectivity index is 2.78. The van der Waals surface area contributed by atoms with Crippen LogP contribution in [0.25, 0.3) is 0 Å². The van der Waals surface area contributed by atoms with E-state index in [-0.39, 0.29) is 6.61 Å². The van der Waals surface area contributed by atoms with E-state index in [1.54, 1.807) is 6.08 Å². The molecule has 0 aromatic heterocycles. The number of aldehydes is 1. The van der Waals surface area contributed by atoms with Crippen LogP contribution >= 0.6 is 0 Å². The van der Waals surface area contributed by atoms with E-state index in [0.29, 0.717) is 0 Å². The number of allylic oxidation sites excluding steroid dienone is 5. The molecule has 0 aromatic rings. The fourth-order valence-corrected chi connectivity index (χ4v) is 1.90. The van der Waals surface area contributed by atoms with Gasteiger partial charge in [-0.1, -0.05) is 30.2 Å². The van der Waals surface area contributed by atoms with Crippen LogP contribution in [-0.4, -0.2) is 18.0 Å². The zero-order valence-corrected chi connectivity index (χ0v) is 9.91. The van der Waals surface area contributed by atoms with Crippen LogP contribution in [0.15, 0.2) is 34.9 Å². The number of carbonyl (C=O) groups excluding carboxylic acids is 1. The van der Waals surface area contributed by atoms with Gasteiger partial charge in [0.05, 0.1) is 6.61 Å². The van der Waals surface area contributed by atoms with Crippen LogP contribution in [0, 0.1) is 0 Å². The lowest BCUT2D eigenvalue weighted by Crippen LogP contribution is -1.89. The Morgan fingerprint density at radius 2 is 1.94 bits per heavy atom. The van der Waals surface area contributed by atoms with Crippen molar-refractivity contribution in [1.29, 1.82) is 0 Å². The quantitative estimate of drug-likeness (QED) is 0.584. The lowest BCUT2D eigenvalue weighted by Gasteiger charge is -2.02. The molecule has 0 spiro atoms. The zero-order chi connectivity index (χ0) is 11.8. The van der Waals surface area contributed by atoms with E-state index in [2.05, 4.69) is 0 Å². The lowest BCUT2D eigenvalue weighted by molar-refractivity contribution is -0.105. The monoisotopic (exact) mass is 220 g/mol. The largest absolute Gasteiger partial charge is 0.392 e. The summed E-state index contributed by atoms with van der Waals surface area (Å²) in [5.74, 6) is 0. The van der Waals surface area contributed by atoms with E-state index in [9.17, 15) is 4.79 Å². The van der Waals surface area contributed by atoms with Crippen molar-refractivity contribution in [2.45, 2.75) is 39.0 Å². The van der Waals surface area contributed by atoms with Crippen molar-refractivity contribution in [2.75, 3.05) is 6.61 Å². The van der Waals surface area contributed by atoms with E-state index in [1.807, 2.05) is 19.1 Å². The van der Waals surface area contributed by atoms with Crippen LogP contribution in [0.4, 0.5) is 0 Å². The van der Waals surface area contributed by atoms with Gasteiger partial charge in [-0.2, -0.15) is 0 Å². The Bertz CT molecular complexity index is 322. The molecule has 1 aliphatic carbocycles. The first-order chi connectivity index (χ1) is 7.77. The highest BCUT2D eigenvalue weighted by Gasteiger charge is 2.07. The third-order valence-electron chi connectivity index (χ3n) is 2.91. The summed E-state index contributed by atoms with van der Waals surface area (Å²) >= 11 is 0. The fraction of sp³-hybridized carbons (Fsp3) is 0.500. The van der Waals surface area contributed by atoms with E-state index < -0.39 is 0 Å². The summed E-state index contributed by atoms with van der Waals surface area (Å²) in [6, 6.07) is 0. The molecule has 0 unspecified atom stereocenters. The third kappa shape index (κ3) is 4.15. The lowest BCUT2D eigenvalue weighted by atomic mass is 10.0. The topological polar surface area (TPSA) is 37.3 Å². The molecular formula is C14H20O2. The number of hydrogen-bond acceptors (Lipinski definition) is 2. The van der Waals surface area contributed by atoms with Crippen LogP contribution in [0.2, 0.25) is 0 Å². The van der Waals surface area contributed by atoms with Gasteiger partial charge in [0.25, 0.3) is 0 Å². The Morgan fingerprint density at radius 3 is 2.56 bits per heavy atom. The summed E-state index contributed by atoms with van der Waals surface area (Å²) in [5.41, 5.74) is 3.15. The van der Waals surface area contributed by atoms with Gasteiger partial charge in [0.1, 0.15) is 6.29 Å². The molecule has 0 fully saturated rings. The van der Waals surface area contributed by atoms with E-state index in [0.717, 1.165) is 42.3 Å². The smallest absolute Gasteiger partial charge is 0.146 e. The van der Waals surface area contributed by atoms with E-state index in [1.165, 1.54) is 12.8 Å². The first kappa shape index (κ1) is 12.9. The van der Waals surface area contributed by atoms with Gasteiger partial charge in [-0.3, -0.25) is 4.79 Å². The highest BCUT2D eigenvalue weighted by Crippen LogP contribution is 2.23. The molecule has 1 aliphatic rings. The summed E-state index contributed by atoms with van der Waals surface area (Å²) in [6.07, 6.45) is 12.2. The fourth-order valence-electron chi connectivity index (χ4n) is 1.90. The molecule has 0 heterocycles. The molecule has 0 atom stereocenters. The molecule has 0 radical (unpaired) electrons. The van der Waals surface area contributed by atoms with Gasteiger partial charge in [-0.05, 0) is 43.8 Å². The van der Waals surface area contributed by atoms with Crippen LogP contribution in [0.1, 0.15) is 39.0 Å². The SMILES string of the molecule is CC(/C=C/C1=C(C=O)CCCCC1)=C\CO. The molecule has 2 nitrogen and oxygen atoms in total. The summed E-state index contributed by atoms with van der Waals surface area (Å²) in [6.45, 7) is 2.01. The standard InChI is InChI=1S/C14H20O2/c1-12(9-10-15)7-8-13-5-3-2-4-6-14(13)11-16/h7-9,11,15H,2-6,10H2,1H3/b8-7+,12-9+. The van der Waals surface area contributed by atoms with Crippen molar-refractivity contribution in [3.8, 4) is 0 Å². The summed E-state index contributed by atoms with van der Waals surface area (Å²) in [7, 11) is 0. The number of hydrogen-bond donors (Lipinski definition) is 1. The van der Waals surface area contributed by atoms with Gasteiger partial charge in [-0.25, -0.2) is 0 Å². The van der Waals surface area contributed by atoms with E-state index >= 15 is 0 Å². The van der Waals surface area contributed by atoms with Crippen molar-refractivity contribution in [1.82, 2.24) is 0 Å². The molecule has 16 heavy (non-hydrogen) atoms. The van der Waals surface area contributed by atoms with Gasteiger partial charge in [0.2, 0.25) is 0 Å². The second-order valence-electron chi connectivity index (χ2n) is 4.19. The van der Waals surface area contributed by atoms with Crippen LogP contribution < -0.4 is 0 Å². The molecule has 2 heteroatoms. The maximum Gasteiger partial charge on any atom is 0.146 e. The van der Waals surface area contributed by atoms with Crippen molar-refractivity contribution >= 4 is 6.29 Å². The molecule has 0 aromatic carbocycles. The summed E-state index contributed by atoms with van der Waals surface area (Å²) in [5, 5.41) is 8.74. The second kappa shape index (κ2) is 7.18. The van der Waals surface area contributed by atoms with Gasteiger partial charge in [0.15, 0.2) is 0 Å². The normalized spacial score (nSPS) is 19.0. The minimum Gasteiger partial charge on any atom is -0.392 e. The minimum absolute atomic E-state index is 0.0652. The van der Waals surface area contributed by atoms with Gasteiger partial charge in [0, 0.05) is 0 Å². The van der Waals surface area contributed by atoms with Gasteiger partial charge < -0.3 is 5.11 Å². The molecule has 0 saturated carbocycles. The minimum atomic E-state index is 0.0652. The van der Waals surface area contributed by atoms with Crippen molar-refractivity contribution < 1.29 is 9.90 Å². The number of rotatable bonds is 4. The van der Waals surface area contributed by atoms with Crippen LogP contribution in [0.3, 0.4) is 0 Å². The van der Waals surface area contributed by atoms with Crippen molar-refractivity contribution in [2.24, 2.45) is 0 Å². The number of aliphatic hydroxyl groups excluding tert-OH is 1. The summed E-state index contributed by atoms with van der Waals surface area (Å²) in [4.78, 5) is 10.9. The predicted molar refractivity (Wildman–Crippen MR) is 66.2 cm³/mol. The average Bonchev–Trinajstić information content (AvgIpc) is 2.51. The highest BCUT2D eigenvalue weighted by atomic mass is 16.2. The third-order valence-corrected chi connectivity index (χ3v) is 2.91. The molecule has 0 bridgehead atoms. The Labute approximate surface area is 97.4 Å². The maximum atomic E-state index is 10.9.